The van der Waals surface area contributed by atoms with Crippen LogP contribution in [0.25, 0.3) is 28.2 Å². The van der Waals surface area contributed by atoms with E-state index in [-0.39, 0.29) is 5.54 Å². The number of nitrogens with zero attached hydrogens (tertiary/aromatic N) is 9. The number of nitrogens with one attached hydrogen (secondary N) is 1. The van der Waals surface area contributed by atoms with E-state index in [9.17, 15) is 5.26 Å². The van der Waals surface area contributed by atoms with Gasteiger partial charge < -0.3 is 4.99 Å². The van der Waals surface area contributed by atoms with Gasteiger partial charge in [0.05, 0.1) is 54.0 Å². The summed E-state index contributed by atoms with van der Waals surface area (Å²) in [6, 6.07) is 4.23. The normalized spacial score (nSPS) is 21.0. The number of fused-ring (bicyclic) bond motifs is 1. The first-order chi connectivity index (χ1) is 14.2. The summed E-state index contributed by atoms with van der Waals surface area (Å²) in [5.74, 6) is 0.448. The molecule has 29 heavy (non-hydrogen) atoms. The molecular weight excluding hydrogens is 368 g/mol. The Morgan fingerprint density at radius 2 is 2.17 bits per heavy atom. The van der Waals surface area contributed by atoms with Gasteiger partial charge in [-0.05, 0) is 31.5 Å². The van der Waals surface area contributed by atoms with Crippen molar-refractivity contribution >= 4 is 12.2 Å². The van der Waals surface area contributed by atoms with Crippen molar-refractivity contribution in [1.82, 2.24) is 39.8 Å². The molecular formula is C19H18N10. The lowest BCUT2D eigenvalue weighted by molar-refractivity contribution is 0.0627. The predicted molar refractivity (Wildman–Crippen MR) is 105 cm³/mol. The summed E-state index contributed by atoms with van der Waals surface area (Å²) in [7, 11) is 0. The standard InChI is InChI=1S/C19H18N10/c1-21-8-13-6-19(7-13,3-4-20)29-11-14(9-24-29)18-17-2-5-23-28(17)12-16(25-18)15-10-22-27-26-15/h2,5,9-13H,1,3,6-8H2,(H,22,26,27). The summed E-state index contributed by atoms with van der Waals surface area (Å²) in [6.07, 6.45) is 11.1. The molecule has 0 amide bonds. The molecule has 4 aromatic heterocycles. The Labute approximate surface area is 165 Å². The molecule has 0 spiro atoms. The van der Waals surface area contributed by atoms with Crippen molar-refractivity contribution in [2.45, 2.75) is 24.8 Å². The van der Waals surface area contributed by atoms with E-state index in [2.05, 4.69) is 43.4 Å². The lowest BCUT2D eigenvalue weighted by Gasteiger charge is -2.46. The van der Waals surface area contributed by atoms with Crippen molar-refractivity contribution in [2.24, 2.45) is 10.9 Å². The number of hydrogen-bond acceptors (Lipinski definition) is 7. The summed E-state index contributed by atoms with van der Waals surface area (Å²) in [4.78, 5) is 8.79. The van der Waals surface area contributed by atoms with Gasteiger partial charge >= 0.3 is 0 Å². The molecule has 10 heteroatoms. The third-order valence-electron chi connectivity index (χ3n) is 5.54. The molecule has 1 aliphatic rings. The quantitative estimate of drug-likeness (QED) is 0.506. The first kappa shape index (κ1) is 17.2. The van der Waals surface area contributed by atoms with Crippen LogP contribution in [0.1, 0.15) is 19.3 Å². The molecule has 0 aliphatic heterocycles. The summed E-state index contributed by atoms with van der Waals surface area (Å²) in [5.41, 5.74) is 3.49. The van der Waals surface area contributed by atoms with Crippen LogP contribution in [0.2, 0.25) is 0 Å². The minimum atomic E-state index is -0.289. The van der Waals surface area contributed by atoms with Crippen molar-refractivity contribution in [3.05, 3.63) is 37.1 Å². The lowest BCUT2D eigenvalue weighted by Crippen LogP contribution is -2.47. The summed E-state index contributed by atoms with van der Waals surface area (Å²) in [5, 5.41) is 28.9. The average Bonchev–Trinajstić information content (AvgIpc) is 3.46. The molecule has 4 heterocycles. The third-order valence-corrected chi connectivity index (χ3v) is 5.54. The zero-order valence-corrected chi connectivity index (χ0v) is 15.6. The van der Waals surface area contributed by atoms with Crippen molar-refractivity contribution in [1.29, 1.82) is 5.26 Å². The lowest BCUT2D eigenvalue weighted by atomic mass is 9.67. The van der Waals surface area contributed by atoms with Crippen LogP contribution in [0.5, 0.6) is 0 Å². The molecule has 0 unspecified atom stereocenters. The van der Waals surface area contributed by atoms with E-state index in [1.165, 1.54) is 0 Å². The van der Waals surface area contributed by atoms with E-state index in [1.807, 2.05) is 23.1 Å². The van der Waals surface area contributed by atoms with Crippen LogP contribution in [0, 0.1) is 17.2 Å². The first-order valence-corrected chi connectivity index (χ1v) is 9.28. The van der Waals surface area contributed by atoms with Gasteiger partial charge in [0.1, 0.15) is 11.4 Å². The van der Waals surface area contributed by atoms with Gasteiger partial charge in [0.15, 0.2) is 0 Å². The van der Waals surface area contributed by atoms with Crippen LogP contribution in [0.3, 0.4) is 0 Å². The maximum atomic E-state index is 9.36. The maximum Gasteiger partial charge on any atom is 0.132 e. The number of aromatic amines is 1. The van der Waals surface area contributed by atoms with Gasteiger partial charge in [0.2, 0.25) is 0 Å². The molecule has 0 aromatic carbocycles. The van der Waals surface area contributed by atoms with E-state index in [4.69, 9.17) is 4.98 Å². The molecule has 1 N–H and O–H groups in total. The monoisotopic (exact) mass is 386 g/mol. The molecule has 1 aliphatic carbocycles. The molecule has 144 valence electrons. The molecule has 5 rings (SSSR count). The Morgan fingerprint density at radius 1 is 1.28 bits per heavy atom. The average molecular weight is 386 g/mol. The smallest absolute Gasteiger partial charge is 0.132 e. The van der Waals surface area contributed by atoms with Gasteiger partial charge in [0, 0.05) is 18.3 Å². The van der Waals surface area contributed by atoms with Crippen LogP contribution in [-0.2, 0) is 5.54 Å². The second-order valence-corrected chi connectivity index (χ2v) is 7.40. The minimum absolute atomic E-state index is 0.289. The second-order valence-electron chi connectivity index (χ2n) is 7.40. The Kier molecular flexibility index (Phi) is 3.94. The van der Waals surface area contributed by atoms with Crippen LogP contribution < -0.4 is 0 Å². The number of H-pyrrole nitrogens is 1. The first-order valence-electron chi connectivity index (χ1n) is 9.28. The van der Waals surface area contributed by atoms with Gasteiger partial charge in [-0.2, -0.15) is 30.9 Å². The molecule has 10 nitrogen and oxygen atoms in total. The third kappa shape index (κ3) is 2.79. The Morgan fingerprint density at radius 3 is 2.93 bits per heavy atom. The van der Waals surface area contributed by atoms with Crippen LogP contribution in [-0.4, -0.2) is 53.1 Å². The van der Waals surface area contributed by atoms with Gasteiger partial charge in [-0.3, -0.25) is 4.68 Å². The largest absolute Gasteiger partial charge is 0.301 e. The molecule has 0 atom stereocenters. The van der Waals surface area contributed by atoms with Crippen molar-refractivity contribution in [2.75, 3.05) is 6.54 Å². The van der Waals surface area contributed by atoms with E-state index < -0.39 is 0 Å². The molecule has 0 saturated heterocycles. The maximum absolute atomic E-state index is 9.36. The van der Waals surface area contributed by atoms with Gasteiger partial charge in [0.25, 0.3) is 0 Å². The Bertz CT molecular complexity index is 1200. The topological polar surface area (TPSA) is 126 Å². The highest BCUT2D eigenvalue weighted by Crippen LogP contribution is 2.46. The van der Waals surface area contributed by atoms with Crippen molar-refractivity contribution < 1.29 is 0 Å². The van der Waals surface area contributed by atoms with Crippen molar-refractivity contribution in [3.8, 4) is 28.7 Å². The summed E-state index contributed by atoms with van der Waals surface area (Å²) < 4.78 is 3.69. The van der Waals surface area contributed by atoms with Gasteiger partial charge in [-0.25, -0.2) is 9.50 Å². The van der Waals surface area contributed by atoms with E-state index in [0.717, 1.165) is 36.2 Å². The minimum Gasteiger partial charge on any atom is -0.301 e. The zero-order chi connectivity index (χ0) is 19.8. The highest BCUT2D eigenvalue weighted by Gasteiger charge is 2.46. The number of nitriles is 1. The van der Waals surface area contributed by atoms with E-state index in [0.29, 0.717) is 23.7 Å². The molecule has 4 aromatic rings. The fourth-order valence-electron chi connectivity index (χ4n) is 4.18. The molecule has 0 radical (unpaired) electrons. The van der Waals surface area contributed by atoms with Crippen LogP contribution >= 0.6 is 0 Å². The van der Waals surface area contributed by atoms with Gasteiger partial charge in [-0.1, -0.05) is 0 Å². The highest BCUT2D eigenvalue weighted by atomic mass is 15.3. The van der Waals surface area contributed by atoms with Crippen LogP contribution in [0.4, 0.5) is 0 Å². The Balaban J connectivity index is 1.55. The molecule has 1 fully saturated rings. The van der Waals surface area contributed by atoms with E-state index >= 15 is 0 Å². The number of hydrogen-bond donors (Lipinski definition) is 1. The highest BCUT2D eigenvalue weighted by molar-refractivity contribution is 5.77. The Hall–Kier alpha value is -3.87. The molecule has 0 bridgehead atoms. The number of rotatable bonds is 6. The van der Waals surface area contributed by atoms with Gasteiger partial charge in [-0.15, -0.1) is 0 Å². The van der Waals surface area contributed by atoms with Crippen LogP contribution in [0.15, 0.2) is 42.0 Å². The SMILES string of the molecule is C=NCC1CC(CC#N)(n2cc(-c3nc(-c4cn[nH]n4)cn4nccc34)cn2)C1. The fraction of sp³-hybridized carbons (Fsp3) is 0.316. The van der Waals surface area contributed by atoms with E-state index in [1.54, 1.807) is 23.1 Å². The molecule has 1 saturated carbocycles. The summed E-state index contributed by atoms with van der Waals surface area (Å²) >= 11 is 0. The fourth-order valence-corrected chi connectivity index (χ4v) is 4.18. The number of aliphatic imine (C=N–C) groups is 1. The number of aromatic nitrogens is 8. The predicted octanol–water partition coefficient (Wildman–Crippen LogP) is 2.10. The summed E-state index contributed by atoms with van der Waals surface area (Å²) in [6.45, 7) is 4.30. The van der Waals surface area contributed by atoms with Crippen molar-refractivity contribution in [3.63, 3.8) is 0 Å². The zero-order valence-electron chi connectivity index (χ0n) is 15.6. The second kappa shape index (κ2) is 6.63.